The first-order chi connectivity index (χ1) is 18.9. The molecule has 39 heavy (non-hydrogen) atoms. The summed E-state index contributed by atoms with van der Waals surface area (Å²) in [7, 11) is 3.43. The Morgan fingerprint density at radius 2 is 1.95 bits per heavy atom. The molecule has 9 nitrogen and oxygen atoms in total. The van der Waals surface area contributed by atoms with Crippen molar-refractivity contribution in [2.24, 2.45) is 7.05 Å². The van der Waals surface area contributed by atoms with Gasteiger partial charge in [-0.1, -0.05) is 23.4 Å². The minimum atomic E-state index is -0.146. The summed E-state index contributed by atoms with van der Waals surface area (Å²) in [6.45, 7) is 0.368. The molecule has 0 spiro atoms. The summed E-state index contributed by atoms with van der Waals surface area (Å²) in [6, 6.07) is 9.25. The molecule has 1 aliphatic carbocycles. The number of aromatic nitrogens is 5. The van der Waals surface area contributed by atoms with Crippen molar-refractivity contribution in [1.82, 2.24) is 29.6 Å². The fourth-order valence-corrected chi connectivity index (χ4v) is 4.80. The number of rotatable bonds is 5. The van der Waals surface area contributed by atoms with Gasteiger partial charge in [-0.25, -0.2) is 4.98 Å². The molecule has 0 aliphatic heterocycles. The number of nitrogen functional groups attached to an aromatic ring is 1. The number of nitrogens with two attached hydrogens (primary N) is 1. The predicted molar refractivity (Wildman–Crippen MR) is 149 cm³/mol. The number of halogens is 1. The number of methoxy groups -OCH3 is 1. The Labute approximate surface area is 229 Å². The van der Waals surface area contributed by atoms with Crippen molar-refractivity contribution in [3.63, 3.8) is 0 Å². The molecule has 1 saturated carbocycles. The number of carbonyl (C=O) groups is 1. The number of nitrogens with zero attached hydrogens (tertiary/aromatic N) is 6. The Balaban J connectivity index is 1.27. The van der Waals surface area contributed by atoms with Gasteiger partial charge in [0.15, 0.2) is 0 Å². The van der Waals surface area contributed by atoms with E-state index in [1.165, 1.54) is 0 Å². The van der Waals surface area contributed by atoms with E-state index in [-0.39, 0.29) is 11.9 Å². The molecule has 1 amide bonds. The normalized spacial score (nSPS) is 12.8. The second-order valence-electron chi connectivity index (χ2n) is 9.44. The number of hydrogen-bond donors (Lipinski definition) is 1. The van der Waals surface area contributed by atoms with Crippen molar-refractivity contribution in [2.45, 2.75) is 25.4 Å². The van der Waals surface area contributed by atoms with Gasteiger partial charge in [0, 0.05) is 42.0 Å². The number of anilines is 1. The fraction of sp³-hybridized carbons (Fsp3) is 0.207. The number of hydrogen-bond acceptors (Lipinski definition) is 7. The van der Waals surface area contributed by atoms with Crippen LogP contribution in [0.15, 0.2) is 55.1 Å². The van der Waals surface area contributed by atoms with Gasteiger partial charge in [0.1, 0.15) is 11.6 Å². The summed E-state index contributed by atoms with van der Waals surface area (Å²) in [5.74, 6) is 7.04. The lowest BCUT2D eigenvalue weighted by Gasteiger charge is -2.23. The summed E-state index contributed by atoms with van der Waals surface area (Å²) in [6.07, 6.45) is 8.59. The number of aryl methyl sites for hydroxylation is 1. The largest absolute Gasteiger partial charge is 0.495 e. The molecule has 10 heteroatoms. The average Bonchev–Trinajstić information content (AvgIpc) is 3.71. The quantitative estimate of drug-likeness (QED) is 0.331. The molecular formula is C29H24ClN7O2. The zero-order valence-corrected chi connectivity index (χ0v) is 22.1. The second-order valence-corrected chi connectivity index (χ2v) is 9.85. The van der Waals surface area contributed by atoms with Crippen molar-refractivity contribution in [3.05, 3.63) is 82.5 Å². The van der Waals surface area contributed by atoms with Crippen LogP contribution in [0.2, 0.25) is 5.02 Å². The molecule has 0 atom stereocenters. The van der Waals surface area contributed by atoms with E-state index in [4.69, 9.17) is 22.1 Å². The van der Waals surface area contributed by atoms with E-state index in [0.717, 1.165) is 46.0 Å². The summed E-state index contributed by atoms with van der Waals surface area (Å²) in [4.78, 5) is 28.8. The molecule has 0 radical (unpaired) electrons. The first-order valence-electron chi connectivity index (χ1n) is 12.4. The van der Waals surface area contributed by atoms with Crippen molar-refractivity contribution in [2.75, 3.05) is 12.8 Å². The number of amides is 1. The molecule has 194 valence electrons. The van der Waals surface area contributed by atoms with E-state index >= 15 is 0 Å². The second kappa shape index (κ2) is 9.89. The van der Waals surface area contributed by atoms with Gasteiger partial charge in [0.2, 0.25) is 0 Å². The van der Waals surface area contributed by atoms with Gasteiger partial charge in [-0.05, 0) is 43.2 Å². The van der Waals surface area contributed by atoms with E-state index in [0.29, 0.717) is 34.2 Å². The highest BCUT2D eigenvalue weighted by Gasteiger charge is 2.34. The third-order valence-electron chi connectivity index (χ3n) is 6.73. The van der Waals surface area contributed by atoms with Crippen molar-refractivity contribution in [3.8, 4) is 17.6 Å². The molecule has 1 aliphatic rings. The number of carbonyl (C=O) groups excluding carboxylic acids is 1. The zero-order valence-electron chi connectivity index (χ0n) is 21.3. The van der Waals surface area contributed by atoms with Crippen LogP contribution in [0, 0.1) is 11.8 Å². The van der Waals surface area contributed by atoms with Gasteiger partial charge in [-0.15, -0.1) is 0 Å². The minimum absolute atomic E-state index is 0.146. The Morgan fingerprint density at radius 1 is 1.13 bits per heavy atom. The summed E-state index contributed by atoms with van der Waals surface area (Å²) in [5.41, 5.74) is 10.2. The number of fused-ring (bicyclic) bond motifs is 3. The maximum atomic E-state index is 13.8. The Kier molecular flexibility index (Phi) is 6.25. The van der Waals surface area contributed by atoms with Crippen molar-refractivity contribution in [1.29, 1.82) is 0 Å². The molecule has 0 bridgehead atoms. The third kappa shape index (κ3) is 4.82. The maximum absolute atomic E-state index is 13.8. The van der Waals surface area contributed by atoms with Gasteiger partial charge in [-0.3, -0.25) is 19.4 Å². The molecule has 4 aromatic heterocycles. The van der Waals surface area contributed by atoms with E-state index in [2.05, 4.69) is 31.9 Å². The van der Waals surface area contributed by atoms with Crippen LogP contribution in [-0.4, -0.2) is 48.7 Å². The topological polar surface area (TPSA) is 112 Å². The average molecular weight is 538 g/mol. The predicted octanol–water partition coefficient (Wildman–Crippen LogP) is 4.36. The SMILES string of the molecule is COc1cncc(C#Cc2ccc(CN(C(=O)c3cc4c(cc3Cl)nc(N)c3cnn(C)c34)C3CC3)nc2)c1. The molecule has 1 fully saturated rings. The standard InChI is InChI=1S/C29H24ClN7O2/c1-36-27-23-10-22(25(30)11-26(23)35-28(31)24(27)15-34-36)29(38)37(20-7-8-20)16-19-6-5-17(13-33-19)3-4-18-9-21(39-2)14-32-12-18/h5-6,9-15,20H,7-8,16H2,1-2H3,(H2,31,35). The fourth-order valence-electron chi connectivity index (χ4n) is 4.56. The molecule has 1 aromatic carbocycles. The van der Waals surface area contributed by atoms with Crippen LogP contribution in [0.5, 0.6) is 5.75 Å². The molecule has 0 saturated heterocycles. The Morgan fingerprint density at radius 3 is 2.69 bits per heavy atom. The van der Waals surface area contributed by atoms with Crippen LogP contribution < -0.4 is 10.5 Å². The van der Waals surface area contributed by atoms with E-state index in [1.54, 1.807) is 48.7 Å². The molecular weight excluding hydrogens is 514 g/mol. The highest BCUT2D eigenvalue weighted by Crippen LogP contribution is 2.34. The van der Waals surface area contributed by atoms with Crippen LogP contribution in [0.4, 0.5) is 5.82 Å². The van der Waals surface area contributed by atoms with E-state index in [9.17, 15) is 4.79 Å². The number of ether oxygens (including phenoxy) is 1. The molecule has 5 aromatic rings. The van der Waals surface area contributed by atoms with Crippen LogP contribution >= 0.6 is 11.6 Å². The monoisotopic (exact) mass is 537 g/mol. The summed E-state index contributed by atoms with van der Waals surface area (Å²) < 4.78 is 6.93. The maximum Gasteiger partial charge on any atom is 0.255 e. The van der Waals surface area contributed by atoms with Crippen LogP contribution in [0.3, 0.4) is 0 Å². The van der Waals surface area contributed by atoms with E-state index < -0.39 is 0 Å². The highest BCUT2D eigenvalue weighted by atomic mass is 35.5. The Bertz CT molecular complexity index is 1800. The molecule has 2 N–H and O–H groups in total. The number of pyridine rings is 3. The van der Waals surface area contributed by atoms with Gasteiger partial charge in [0.05, 0.1) is 58.7 Å². The zero-order chi connectivity index (χ0) is 27.1. The highest BCUT2D eigenvalue weighted by molar-refractivity contribution is 6.35. The van der Waals surface area contributed by atoms with Crippen molar-refractivity contribution < 1.29 is 9.53 Å². The lowest BCUT2D eigenvalue weighted by atomic mass is 10.1. The van der Waals surface area contributed by atoms with Gasteiger partial charge < -0.3 is 15.4 Å². The summed E-state index contributed by atoms with van der Waals surface area (Å²) >= 11 is 6.62. The summed E-state index contributed by atoms with van der Waals surface area (Å²) in [5, 5.41) is 6.16. The molecule has 6 rings (SSSR count). The lowest BCUT2D eigenvalue weighted by Crippen LogP contribution is -2.33. The molecule has 4 heterocycles. The minimum Gasteiger partial charge on any atom is -0.495 e. The van der Waals surface area contributed by atoms with Gasteiger partial charge in [0.25, 0.3) is 5.91 Å². The van der Waals surface area contributed by atoms with Gasteiger partial charge in [-0.2, -0.15) is 5.10 Å². The molecule has 0 unspecified atom stereocenters. The van der Waals surface area contributed by atoms with Gasteiger partial charge >= 0.3 is 0 Å². The number of benzene rings is 1. The van der Waals surface area contributed by atoms with Crippen molar-refractivity contribution >= 4 is 45.1 Å². The Hall–Kier alpha value is -4.68. The first kappa shape index (κ1) is 24.6. The van der Waals surface area contributed by atoms with Crippen LogP contribution in [0.1, 0.15) is 40.0 Å². The lowest BCUT2D eigenvalue weighted by molar-refractivity contribution is 0.0728. The van der Waals surface area contributed by atoms with Crippen LogP contribution in [-0.2, 0) is 13.6 Å². The smallest absolute Gasteiger partial charge is 0.255 e. The first-order valence-corrected chi connectivity index (χ1v) is 12.8. The third-order valence-corrected chi connectivity index (χ3v) is 7.04. The van der Waals surface area contributed by atoms with Crippen LogP contribution in [0.25, 0.3) is 21.8 Å². The van der Waals surface area contributed by atoms with E-state index in [1.807, 2.05) is 30.1 Å².